The van der Waals surface area contributed by atoms with Crippen LogP contribution in [0.15, 0.2) is 10.3 Å². The molecule has 0 unspecified atom stereocenters. The minimum Gasteiger partial charge on any atom is -0.266 e. The zero-order chi connectivity index (χ0) is 9.42. The quantitative estimate of drug-likeness (QED) is 0.705. The van der Waals surface area contributed by atoms with Gasteiger partial charge in [-0.25, -0.2) is 4.98 Å². The van der Waals surface area contributed by atoms with Crippen LogP contribution in [0, 0.1) is 0 Å². The summed E-state index contributed by atoms with van der Waals surface area (Å²) in [6.07, 6.45) is 0. The first kappa shape index (κ1) is 8.93. The summed E-state index contributed by atoms with van der Waals surface area (Å²) in [7, 11) is 0. The minimum atomic E-state index is -0.372. The highest BCUT2D eigenvalue weighted by Gasteiger charge is 2.10. The molecule has 0 aromatic carbocycles. The fourth-order valence-electron chi connectivity index (χ4n) is 0.900. The van der Waals surface area contributed by atoms with E-state index in [1.165, 1.54) is 16.8 Å². The monoisotopic (exact) mass is 235 g/mol. The molecule has 0 radical (unpaired) electrons. The summed E-state index contributed by atoms with van der Waals surface area (Å²) in [6.45, 7) is 0. The number of alkyl halides is 1. The molecule has 0 N–H and O–H groups in total. The van der Waals surface area contributed by atoms with Crippen molar-refractivity contribution >= 4 is 39.5 Å². The highest BCUT2D eigenvalue weighted by atomic mass is 35.5. The molecule has 2 rings (SSSR count). The van der Waals surface area contributed by atoms with E-state index in [4.69, 9.17) is 23.2 Å². The summed E-state index contributed by atoms with van der Waals surface area (Å²) < 4.78 is 1.16. The molecule has 2 heterocycles. The fraction of sp³-hybridized carbons (Fsp3) is 0.167. The lowest BCUT2D eigenvalue weighted by Gasteiger charge is -1.97. The van der Waals surface area contributed by atoms with E-state index in [2.05, 4.69) is 10.1 Å². The van der Waals surface area contributed by atoms with E-state index in [9.17, 15) is 4.79 Å². The first-order valence-electron chi connectivity index (χ1n) is 3.31. The Morgan fingerprint density at radius 1 is 1.62 bits per heavy atom. The Kier molecular flexibility index (Phi) is 2.23. The van der Waals surface area contributed by atoms with Crippen LogP contribution in [-0.4, -0.2) is 14.6 Å². The Morgan fingerprint density at radius 3 is 3.08 bits per heavy atom. The highest BCUT2D eigenvalue weighted by Crippen LogP contribution is 2.13. The second-order valence-electron chi connectivity index (χ2n) is 2.24. The van der Waals surface area contributed by atoms with Crippen LogP contribution in [0.2, 0.25) is 5.02 Å². The van der Waals surface area contributed by atoms with Gasteiger partial charge in [0.1, 0.15) is 10.5 Å². The van der Waals surface area contributed by atoms with E-state index in [0.717, 1.165) is 4.52 Å². The van der Waals surface area contributed by atoms with Gasteiger partial charge in [-0.05, 0) is 0 Å². The first-order chi connectivity index (χ1) is 6.24. The predicted molar refractivity (Wildman–Crippen MR) is 51.7 cm³/mol. The molecule has 68 valence electrons. The molecule has 7 heteroatoms. The predicted octanol–water partition coefficient (Wildman–Crippen LogP) is 1.54. The highest BCUT2D eigenvalue weighted by molar-refractivity contribution is 7.14. The molecule has 0 spiro atoms. The molecule has 0 aliphatic carbocycles. The van der Waals surface area contributed by atoms with Gasteiger partial charge in [0, 0.05) is 0 Å². The minimum absolute atomic E-state index is 0.0402. The number of hydrogen-bond acceptors (Lipinski definition) is 4. The zero-order valence-corrected chi connectivity index (χ0v) is 8.53. The third-order valence-electron chi connectivity index (χ3n) is 1.49. The maximum absolute atomic E-state index is 11.4. The van der Waals surface area contributed by atoms with Crippen molar-refractivity contribution in [2.45, 2.75) is 5.88 Å². The van der Waals surface area contributed by atoms with E-state index < -0.39 is 0 Å². The Morgan fingerprint density at radius 2 is 2.38 bits per heavy atom. The van der Waals surface area contributed by atoms with Crippen LogP contribution < -0.4 is 5.56 Å². The standard InChI is InChI=1S/C6H3Cl2N3OS/c7-1-3-4(8)5(12)11-6(10-3)13-2-9-11/h2H,1H2. The van der Waals surface area contributed by atoms with Gasteiger partial charge in [-0.1, -0.05) is 22.9 Å². The van der Waals surface area contributed by atoms with Gasteiger partial charge in [-0.3, -0.25) is 4.79 Å². The summed E-state index contributed by atoms with van der Waals surface area (Å²) in [4.78, 5) is 16.0. The molecule has 0 bridgehead atoms. The van der Waals surface area contributed by atoms with Crippen molar-refractivity contribution in [3.05, 3.63) is 26.6 Å². The summed E-state index contributed by atoms with van der Waals surface area (Å²) >= 11 is 12.5. The van der Waals surface area contributed by atoms with Gasteiger partial charge in [-0.2, -0.15) is 9.61 Å². The average molecular weight is 236 g/mol. The van der Waals surface area contributed by atoms with E-state index >= 15 is 0 Å². The van der Waals surface area contributed by atoms with Crippen LogP contribution >= 0.6 is 34.5 Å². The van der Waals surface area contributed by atoms with Crippen LogP contribution in [0.4, 0.5) is 0 Å². The molecule has 2 aromatic rings. The molecule has 0 aliphatic rings. The van der Waals surface area contributed by atoms with Gasteiger partial charge in [0.05, 0.1) is 11.6 Å². The van der Waals surface area contributed by atoms with Gasteiger partial charge in [-0.15, -0.1) is 11.6 Å². The molecule has 0 atom stereocenters. The Balaban J connectivity index is 2.92. The van der Waals surface area contributed by atoms with Crippen molar-refractivity contribution in [1.29, 1.82) is 0 Å². The lowest BCUT2D eigenvalue weighted by atomic mass is 10.4. The average Bonchev–Trinajstić information content (AvgIpc) is 2.59. The molecular formula is C6H3Cl2N3OS. The largest absolute Gasteiger partial charge is 0.294 e. The van der Waals surface area contributed by atoms with Gasteiger partial charge in [0.15, 0.2) is 0 Å². The number of rotatable bonds is 1. The maximum Gasteiger partial charge on any atom is 0.294 e. The number of halogens is 2. The molecule has 4 nitrogen and oxygen atoms in total. The van der Waals surface area contributed by atoms with Crippen molar-refractivity contribution < 1.29 is 0 Å². The zero-order valence-electron chi connectivity index (χ0n) is 6.20. The van der Waals surface area contributed by atoms with E-state index in [0.29, 0.717) is 10.7 Å². The van der Waals surface area contributed by atoms with Crippen LogP contribution in [0.5, 0.6) is 0 Å². The van der Waals surface area contributed by atoms with Crippen molar-refractivity contribution in [3.63, 3.8) is 0 Å². The summed E-state index contributed by atoms with van der Waals surface area (Å²) in [6, 6.07) is 0. The summed E-state index contributed by atoms with van der Waals surface area (Å²) in [5.41, 5.74) is 1.55. The summed E-state index contributed by atoms with van der Waals surface area (Å²) in [5.74, 6) is 0.127. The molecule has 13 heavy (non-hydrogen) atoms. The van der Waals surface area contributed by atoms with Gasteiger partial charge >= 0.3 is 0 Å². The van der Waals surface area contributed by atoms with Crippen molar-refractivity contribution in [2.75, 3.05) is 0 Å². The molecule has 0 amide bonds. The lowest BCUT2D eigenvalue weighted by Crippen LogP contribution is -2.17. The van der Waals surface area contributed by atoms with Crippen LogP contribution in [0.25, 0.3) is 4.96 Å². The van der Waals surface area contributed by atoms with Crippen molar-refractivity contribution in [1.82, 2.24) is 14.6 Å². The normalized spacial score (nSPS) is 10.9. The molecule has 0 saturated heterocycles. The van der Waals surface area contributed by atoms with E-state index in [1.807, 2.05) is 0 Å². The lowest BCUT2D eigenvalue weighted by molar-refractivity contribution is 0.888. The van der Waals surface area contributed by atoms with E-state index in [-0.39, 0.29) is 16.5 Å². The Bertz CT molecular complexity index is 506. The number of hydrogen-bond donors (Lipinski definition) is 0. The fourth-order valence-corrected chi connectivity index (χ4v) is 1.98. The van der Waals surface area contributed by atoms with Crippen LogP contribution in [0.3, 0.4) is 0 Å². The molecule has 2 aromatic heterocycles. The van der Waals surface area contributed by atoms with E-state index in [1.54, 1.807) is 0 Å². The maximum atomic E-state index is 11.4. The first-order valence-corrected chi connectivity index (χ1v) is 5.10. The van der Waals surface area contributed by atoms with Crippen LogP contribution in [0.1, 0.15) is 5.69 Å². The molecule has 0 fully saturated rings. The molecule has 0 saturated carbocycles. The van der Waals surface area contributed by atoms with Crippen LogP contribution in [-0.2, 0) is 5.88 Å². The third-order valence-corrected chi connectivity index (χ3v) is 2.80. The number of nitrogens with zero attached hydrogens (tertiary/aromatic N) is 3. The van der Waals surface area contributed by atoms with Gasteiger partial charge in [0.25, 0.3) is 5.56 Å². The number of fused-ring (bicyclic) bond motifs is 1. The third kappa shape index (κ3) is 1.33. The number of aromatic nitrogens is 3. The smallest absolute Gasteiger partial charge is 0.266 e. The Labute approximate surface area is 86.7 Å². The van der Waals surface area contributed by atoms with Gasteiger partial charge < -0.3 is 0 Å². The topological polar surface area (TPSA) is 47.3 Å². The second kappa shape index (κ2) is 3.25. The van der Waals surface area contributed by atoms with Crippen molar-refractivity contribution in [3.8, 4) is 0 Å². The second-order valence-corrected chi connectivity index (χ2v) is 3.70. The molecular weight excluding hydrogens is 233 g/mol. The Hall–Kier alpha value is -0.650. The molecule has 0 aliphatic heterocycles. The van der Waals surface area contributed by atoms with Crippen molar-refractivity contribution in [2.24, 2.45) is 0 Å². The van der Waals surface area contributed by atoms with Gasteiger partial charge in [0.2, 0.25) is 4.96 Å². The SMILES string of the molecule is O=c1c(Cl)c(CCl)nc2scnn12. The summed E-state index contributed by atoms with van der Waals surface area (Å²) in [5, 5.41) is 3.83.